The first kappa shape index (κ1) is 23.1. The molecule has 0 atom stereocenters. The third-order valence-electron chi connectivity index (χ3n) is 6.08. The zero-order valence-corrected chi connectivity index (χ0v) is 20.7. The SMILES string of the molecule is CC(C)(C)c1ccc(C(=O)N(Cc2cccnc2)Cc2cc3cc4c(cc3nc2Cl)OCO4)cc1. The number of aromatic nitrogens is 2. The Morgan fingerprint density at radius 3 is 2.46 bits per heavy atom. The third-order valence-corrected chi connectivity index (χ3v) is 6.40. The number of carbonyl (C=O) groups excluding carboxylic acids is 1. The molecule has 1 aliphatic rings. The Hall–Kier alpha value is -3.64. The number of benzene rings is 2. The second-order valence-electron chi connectivity index (χ2n) is 9.69. The van der Waals surface area contributed by atoms with Crippen LogP contribution < -0.4 is 9.47 Å². The van der Waals surface area contributed by atoms with Crippen LogP contribution in [0.15, 0.2) is 67.0 Å². The quantitative estimate of drug-likeness (QED) is 0.316. The highest BCUT2D eigenvalue weighted by Crippen LogP contribution is 2.36. The molecule has 0 unspecified atom stereocenters. The fourth-order valence-electron chi connectivity index (χ4n) is 4.11. The second kappa shape index (κ2) is 9.19. The normalized spacial score (nSPS) is 12.7. The monoisotopic (exact) mass is 487 g/mol. The van der Waals surface area contributed by atoms with Crippen LogP contribution in [0.4, 0.5) is 0 Å². The van der Waals surface area contributed by atoms with E-state index in [1.807, 2.05) is 54.6 Å². The van der Waals surface area contributed by atoms with Crippen LogP contribution in [0.5, 0.6) is 11.5 Å². The largest absolute Gasteiger partial charge is 0.454 e. The van der Waals surface area contributed by atoms with E-state index in [9.17, 15) is 4.79 Å². The van der Waals surface area contributed by atoms with E-state index < -0.39 is 0 Å². The zero-order valence-electron chi connectivity index (χ0n) is 19.9. The van der Waals surface area contributed by atoms with Crippen molar-refractivity contribution < 1.29 is 14.3 Å². The van der Waals surface area contributed by atoms with Gasteiger partial charge >= 0.3 is 0 Å². The molecule has 0 bridgehead atoms. The molecule has 1 aliphatic heterocycles. The lowest BCUT2D eigenvalue weighted by molar-refractivity contribution is 0.0730. The van der Waals surface area contributed by atoms with Gasteiger partial charge in [-0.2, -0.15) is 0 Å². The lowest BCUT2D eigenvalue weighted by Crippen LogP contribution is -2.30. The van der Waals surface area contributed by atoms with Crippen molar-refractivity contribution in [2.24, 2.45) is 0 Å². The van der Waals surface area contributed by atoms with Crippen molar-refractivity contribution in [2.45, 2.75) is 39.3 Å². The predicted molar refractivity (Wildman–Crippen MR) is 136 cm³/mol. The summed E-state index contributed by atoms with van der Waals surface area (Å²) in [5, 5.41) is 1.22. The highest BCUT2D eigenvalue weighted by molar-refractivity contribution is 6.30. The van der Waals surface area contributed by atoms with E-state index in [0.29, 0.717) is 40.8 Å². The summed E-state index contributed by atoms with van der Waals surface area (Å²) in [7, 11) is 0. The minimum absolute atomic E-state index is 0.0101. The van der Waals surface area contributed by atoms with E-state index in [4.69, 9.17) is 21.1 Å². The topological polar surface area (TPSA) is 64.6 Å². The van der Waals surface area contributed by atoms with Crippen molar-refractivity contribution in [3.8, 4) is 11.5 Å². The summed E-state index contributed by atoms with van der Waals surface area (Å²) in [6, 6.07) is 17.3. The van der Waals surface area contributed by atoms with Crippen molar-refractivity contribution in [3.05, 3.63) is 94.4 Å². The highest BCUT2D eigenvalue weighted by atomic mass is 35.5. The van der Waals surface area contributed by atoms with Gasteiger partial charge in [-0.3, -0.25) is 9.78 Å². The fraction of sp³-hybridized carbons (Fsp3) is 0.250. The Labute approximate surface area is 209 Å². The highest BCUT2D eigenvalue weighted by Gasteiger charge is 2.22. The van der Waals surface area contributed by atoms with Gasteiger partial charge in [0.1, 0.15) is 5.15 Å². The van der Waals surface area contributed by atoms with Crippen LogP contribution in [0, 0.1) is 0 Å². The number of amides is 1. The van der Waals surface area contributed by atoms with Gasteiger partial charge in [0.15, 0.2) is 11.5 Å². The van der Waals surface area contributed by atoms with Crippen LogP contribution in [-0.2, 0) is 18.5 Å². The van der Waals surface area contributed by atoms with Gasteiger partial charge in [-0.25, -0.2) is 4.98 Å². The summed E-state index contributed by atoms with van der Waals surface area (Å²) >= 11 is 6.59. The van der Waals surface area contributed by atoms with Gasteiger partial charge in [0.25, 0.3) is 5.91 Å². The standard InChI is InChI=1S/C28H26ClN3O3/c1-28(2,3)22-8-6-19(7-9-22)27(33)32(15-18-5-4-10-30-14-18)16-21-11-20-12-24-25(35-17-34-24)13-23(20)31-26(21)29/h4-14H,15-17H2,1-3H3. The average Bonchev–Trinajstić information content (AvgIpc) is 3.29. The first-order valence-electron chi connectivity index (χ1n) is 11.5. The molecule has 2 aromatic heterocycles. The van der Waals surface area contributed by atoms with Crippen LogP contribution >= 0.6 is 11.6 Å². The summed E-state index contributed by atoms with van der Waals surface area (Å²) in [5.41, 5.74) is 4.20. The molecule has 3 heterocycles. The molecule has 1 amide bonds. The number of halogens is 1. The van der Waals surface area contributed by atoms with Crippen molar-refractivity contribution in [1.82, 2.24) is 14.9 Å². The summed E-state index contributed by atoms with van der Waals surface area (Å²) in [4.78, 5) is 24.2. The fourth-order valence-corrected chi connectivity index (χ4v) is 4.31. The van der Waals surface area contributed by atoms with Crippen molar-refractivity contribution in [3.63, 3.8) is 0 Å². The second-order valence-corrected chi connectivity index (χ2v) is 10.0. The maximum atomic E-state index is 13.6. The Morgan fingerprint density at radius 1 is 1.03 bits per heavy atom. The molecule has 0 aliphatic carbocycles. The minimum atomic E-state index is -0.0869. The van der Waals surface area contributed by atoms with Gasteiger partial charge < -0.3 is 14.4 Å². The Kier molecular flexibility index (Phi) is 6.07. The van der Waals surface area contributed by atoms with E-state index in [1.54, 1.807) is 17.3 Å². The lowest BCUT2D eigenvalue weighted by atomic mass is 9.86. The van der Waals surface area contributed by atoms with E-state index in [2.05, 4.69) is 30.7 Å². The first-order chi connectivity index (χ1) is 16.8. The summed E-state index contributed by atoms with van der Waals surface area (Å²) in [6.45, 7) is 7.33. The summed E-state index contributed by atoms with van der Waals surface area (Å²) in [6.07, 6.45) is 3.49. The molecule has 178 valence electrons. The maximum Gasteiger partial charge on any atom is 0.254 e. The summed E-state index contributed by atoms with van der Waals surface area (Å²) in [5.74, 6) is 1.24. The molecule has 0 N–H and O–H groups in total. The molecule has 4 aromatic rings. The molecule has 0 saturated heterocycles. The number of ether oxygens (including phenoxy) is 2. The van der Waals surface area contributed by atoms with Gasteiger partial charge in [-0.1, -0.05) is 50.6 Å². The van der Waals surface area contributed by atoms with Gasteiger partial charge in [0.05, 0.1) is 5.52 Å². The Bertz CT molecular complexity index is 1380. The Morgan fingerprint density at radius 2 is 1.77 bits per heavy atom. The maximum absolute atomic E-state index is 13.6. The molecule has 0 fully saturated rings. The van der Waals surface area contributed by atoms with Crippen molar-refractivity contribution in [1.29, 1.82) is 0 Å². The molecule has 7 heteroatoms. The van der Waals surface area contributed by atoms with Gasteiger partial charge in [0.2, 0.25) is 6.79 Å². The number of rotatable bonds is 5. The van der Waals surface area contributed by atoms with E-state index >= 15 is 0 Å². The predicted octanol–water partition coefficient (Wildman–Crippen LogP) is 6.15. The van der Waals surface area contributed by atoms with Gasteiger partial charge in [-0.05, 0) is 46.9 Å². The number of nitrogens with zero attached hydrogens (tertiary/aromatic N) is 3. The molecule has 0 saturated carbocycles. The van der Waals surface area contributed by atoms with Crippen molar-refractivity contribution in [2.75, 3.05) is 6.79 Å². The molecule has 6 nitrogen and oxygen atoms in total. The van der Waals surface area contributed by atoms with E-state index in [-0.39, 0.29) is 18.1 Å². The average molecular weight is 488 g/mol. The van der Waals surface area contributed by atoms with Crippen LogP contribution in [-0.4, -0.2) is 27.6 Å². The molecular weight excluding hydrogens is 462 g/mol. The molecule has 5 rings (SSSR count). The number of fused-ring (bicyclic) bond motifs is 2. The molecule has 2 aromatic carbocycles. The van der Waals surface area contributed by atoms with Crippen LogP contribution in [0.25, 0.3) is 10.9 Å². The smallest absolute Gasteiger partial charge is 0.254 e. The third kappa shape index (κ3) is 4.93. The van der Waals surface area contributed by atoms with E-state index in [1.165, 1.54) is 5.56 Å². The Balaban J connectivity index is 1.48. The van der Waals surface area contributed by atoms with Gasteiger partial charge in [-0.15, -0.1) is 0 Å². The van der Waals surface area contributed by atoms with Gasteiger partial charge in [0, 0.05) is 48.1 Å². The molecule has 35 heavy (non-hydrogen) atoms. The number of hydrogen-bond donors (Lipinski definition) is 0. The van der Waals surface area contributed by atoms with Crippen molar-refractivity contribution >= 4 is 28.4 Å². The van der Waals surface area contributed by atoms with E-state index in [0.717, 1.165) is 16.5 Å². The van der Waals surface area contributed by atoms with Crippen LogP contribution in [0.2, 0.25) is 5.15 Å². The van der Waals surface area contributed by atoms with Crippen LogP contribution in [0.3, 0.4) is 0 Å². The zero-order chi connectivity index (χ0) is 24.6. The lowest BCUT2D eigenvalue weighted by Gasteiger charge is -2.24. The number of carbonyl (C=O) groups is 1. The first-order valence-corrected chi connectivity index (χ1v) is 11.8. The molecular formula is C28H26ClN3O3. The van der Waals surface area contributed by atoms with Crippen LogP contribution in [0.1, 0.15) is 47.8 Å². The number of hydrogen-bond acceptors (Lipinski definition) is 5. The molecule has 0 spiro atoms. The molecule has 0 radical (unpaired) electrons. The minimum Gasteiger partial charge on any atom is -0.454 e. The number of pyridine rings is 2. The summed E-state index contributed by atoms with van der Waals surface area (Å²) < 4.78 is 11.0.